The molecule has 10 nitrogen and oxygen atoms in total. The molecule has 42 heavy (non-hydrogen) atoms. The van der Waals surface area contributed by atoms with Crippen molar-refractivity contribution in [2.24, 2.45) is 0 Å². The molecule has 0 aliphatic heterocycles. The minimum absolute atomic E-state index is 0.0136. The zero-order chi connectivity index (χ0) is 28.4. The Morgan fingerprint density at radius 3 is 2.31 bits per heavy atom. The van der Waals surface area contributed by atoms with Crippen LogP contribution in [-0.4, -0.2) is 34.6 Å². The number of para-hydroxylation sites is 2. The van der Waals surface area contributed by atoms with Crippen LogP contribution >= 0.6 is 0 Å². The zero-order valence-corrected chi connectivity index (χ0v) is 22.2. The molecule has 200 valence electrons. The number of aryl methyl sites for hydroxylation is 1. The molecular weight excluding hydrogens is 528 g/mol. The highest BCUT2D eigenvalue weighted by Crippen LogP contribution is 2.37. The maximum atomic E-state index is 13.8. The first-order valence-corrected chi connectivity index (χ1v) is 13.3. The molecule has 8 rings (SSSR count). The van der Waals surface area contributed by atoms with Gasteiger partial charge in [0.15, 0.2) is 17.1 Å². The summed E-state index contributed by atoms with van der Waals surface area (Å²) in [5.41, 5.74) is 4.71. The van der Waals surface area contributed by atoms with E-state index in [0.29, 0.717) is 44.9 Å². The number of nitrogens with zero attached hydrogens (tertiary/aromatic N) is 7. The van der Waals surface area contributed by atoms with Gasteiger partial charge < -0.3 is 4.42 Å². The third-order valence-corrected chi connectivity index (χ3v) is 7.43. The average Bonchev–Trinajstić information content (AvgIpc) is 3.41. The fourth-order valence-corrected chi connectivity index (χ4v) is 5.50. The number of rotatable bonds is 3. The summed E-state index contributed by atoms with van der Waals surface area (Å²) in [6.07, 6.45) is 0. The zero-order valence-electron chi connectivity index (χ0n) is 22.2. The molecule has 0 spiro atoms. The van der Waals surface area contributed by atoms with Gasteiger partial charge in [0.25, 0.3) is 5.56 Å². The summed E-state index contributed by atoms with van der Waals surface area (Å²) >= 11 is 0. The largest absolute Gasteiger partial charge is 0.438 e. The molecule has 1 N–H and O–H groups in total. The maximum Gasteiger partial charge on any atom is 0.285 e. The Morgan fingerprint density at radius 2 is 1.50 bits per heavy atom. The summed E-state index contributed by atoms with van der Waals surface area (Å²) < 4.78 is 9.29. The van der Waals surface area contributed by atoms with E-state index < -0.39 is 5.56 Å². The molecule has 3 aromatic carbocycles. The third-order valence-electron chi connectivity index (χ3n) is 7.43. The van der Waals surface area contributed by atoms with E-state index in [2.05, 4.69) is 25.5 Å². The molecule has 0 amide bonds. The molecule has 0 aliphatic carbocycles. The molecule has 0 bridgehead atoms. The topological polar surface area (TPSA) is 128 Å². The first-order chi connectivity index (χ1) is 20.6. The Balaban J connectivity index is 1.62. The molecule has 5 aromatic heterocycles. The van der Waals surface area contributed by atoms with Gasteiger partial charge in [-0.05, 0) is 48.4 Å². The minimum atomic E-state index is -0.500. The fraction of sp³-hybridized carbons (Fsp3) is 0.0312. The molecule has 0 saturated carbocycles. The summed E-state index contributed by atoms with van der Waals surface area (Å²) in [7, 11) is 0. The second-order valence-corrected chi connectivity index (χ2v) is 9.92. The van der Waals surface area contributed by atoms with Crippen molar-refractivity contribution in [3.63, 3.8) is 0 Å². The Hall–Kier alpha value is -6.03. The van der Waals surface area contributed by atoms with Crippen molar-refractivity contribution in [1.29, 1.82) is 5.41 Å². The summed E-state index contributed by atoms with van der Waals surface area (Å²) in [5.74, 6) is 0.514. The number of fused-ring (bicyclic) bond motifs is 6. The van der Waals surface area contributed by atoms with Crippen LogP contribution in [0.1, 0.15) is 5.82 Å². The van der Waals surface area contributed by atoms with Crippen LogP contribution < -0.4 is 11.1 Å². The van der Waals surface area contributed by atoms with Gasteiger partial charge in [0.1, 0.15) is 16.5 Å². The number of pyridine rings is 2. The second-order valence-electron chi connectivity index (χ2n) is 9.92. The SMILES string of the molecule is Cc1nnc2c3c(=O)nc4c(c(-c5ccccc5)cc(-c5cc6ccccc6oc5=N)n4-c4ccccc4)c3nnn12. The van der Waals surface area contributed by atoms with Crippen molar-refractivity contribution < 1.29 is 4.42 Å². The van der Waals surface area contributed by atoms with Crippen LogP contribution in [0.25, 0.3) is 66.6 Å². The Kier molecular flexibility index (Phi) is 5.10. The van der Waals surface area contributed by atoms with Crippen LogP contribution in [0.2, 0.25) is 0 Å². The minimum Gasteiger partial charge on any atom is -0.438 e. The first-order valence-electron chi connectivity index (χ1n) is 13.3. The van der Waals surface area contributed by atoms with E-state index in [-0.39, 0.29) is 10.9 Å². The summed E-state index contributed by atoms with van der Waals surface area (Å²) in [5, 5.41) is 27.8. The molecule has 8 aromatic rings. The van der Waals surface area contributed by atoms with Crippen LogP contribution in [0.4, 0.5) is 0 Å². The lowest BCUT2D eigenvalue weighted by Crippen LogP contribution is -2.17. The first kappa shape index (κ1) is 23.8. The Labute approximate surface area is 236 Å². The van der Waals surface area contributed by atoms with Gasteiger partial charge in [0.2, 0.25) is 5.55 Å². The van der Waals surface area contributed by atoms with Gasteiger partial charge in [-0.15, -0.1) is 15.3 Å². The van der Waals surface area contributed by atoms with Crippen molar-refractivity contribution >= 4 is 38.6 Å². The van der Waals surface area contributed by atoms with Crippen LogP contribution in [0.5, 0.6) is 0 Å². The summed E-state index contributed by atoms with van der Waals surface area (Å²) in [4.78, 5) is 18.5. The Morgan fingerprint density at radius 1 is 0.762 bits per heavy atom. The van der Waals surface area contributed by atoms with Crippen molar-refractivity contribution in [2.45, 2.75) is 6.92 Å². The van der Waals surface area contributed by atoms with E-state index in [1.165, 1.54) is 4.52 Å². The highest BCUT2D eigenvalue weighted by molar-refractivity contribution is 6.13. The normalized spacial score (nSPS) is 11.6. The highest BCUT2D eigenvalue weighted by atomic mass is 16.3. The Bertz CT molecular complexity index is 2460. The smallest absolute Gasteiger partial charge is 0.285 e. The predicted octanol–water partition coefficient (Wildman–Crippen LogP) is 5.24. The molecule has 5 heterocycles. The van der Waals surface area contributed by atoms with Gasteiger partial charge in [-0.3, -0.25) is 14.8 Å². The lowest BCUT2D eigenvalue weighted by molar-refractivity contribution is 0.535. The molecule has 0 aliphatic rings. The second kappa shape index (κ2) is 9.00. The van der Waals surface area contributed by atoms with Crippen LogP contribution in [-0.2, 0) is 0 Å². The molecule has 0 atom stereocenters. The summed E-state index contributed by atoms with van der Waals surface area (Å²) in [6, 6.07) is 30.9. The van der Waals surface area contributed by atoms with Gasteiger partial charge in [-0.25, -0.2) is 0 Å². The number of aromatic nitrogens is 7. The average molecular weight is 549 g/mol. The lowest BCUT2D eigenvalue weighted by Gasteiger charge is -2.20. The van der Waals surface area contributed by atoms with Gasteiger partial charge in [0, 0.05) is 11.1 Å². The van der Waals surface area contributed by atoms with E-state index >= 15 is 0 Å². The van der Waals surface area contributed by atoms with E-state index in [4.69, 9.17) is 9.83 Å². The van der Waals surface area contributed by atoms with Gasteiger partial charge in [-0.1, -0.05) is 71.9 Å². The molecule has 0 fully saturated rings. The van der Waals surface area contributed by atoms with Gasteiger partial charge >= 0.3 is 0 Å². The van der Waals surface area contributed by atoms with Crippen LogP contribution in [0.15, 0.2) is 106 Å². The quantitative estimate of drug-likeness (QED) is 0.299. The monoisotopic (exact) mass is 548 g/mol. The van der Waals surface area contributed by atoms with Gasteiger partial charge in [0.05, 0.1) is 16.6 Å². The molecule has 0 radical (unpaired) electrons. The van der Waals surface area contributed by atoms with E-state index in [9.17, 15) is 4.79 Å². The highest BCUT2D eigenvalue weighted by Gasteiger charge is 2.24. The third kappa shape index (κ3) is 3.48. The molecular formula is C32H20N8O2. The lowest BCUT2D eigenvalue weighted by atomic mass is 9.97. The number of nitrogens with one attached hydrogen (secondary N) is 1. The van der Waals surface area contributed by atoms with Crippen molar-refractivity contribution in [3.05, 3.63) is 119 Å². The molecule has 10 heteroatoms. The fourth-order valence-electron chi connectivity index (χ4n) is 5.50. The summed E-state index contributed by atoms with van der Waals surface area (Å²) in [6.45, 7) is 1.75. The van der Waals surface area contributed by atoms with E-state index in [1.54, 1.807) is 6.92 Å². The number of benzene rings is 3. The molecule has 0 saturated heterocycles. The van der Waals surface area contributed by atoms with E-state index in [1.807, 2.05) is 102 Å². The predicted molar refractivity (Wildman–Crippen MR) is 158 cm³/mol. The van der Waals surface area contributed by atoms with Crippen molar-refractivity contribution in [1.82, 2.24) is 34.6 Å². The maximum absolute atomic E-state index is 13.8. The molecule has 0 unspecified atom stereocenters. The van der Waals surface area contributed by atoms with Crippen molar-refractivity contribution in [3.8, 4) is 28.1 Å². The van der Waals surface area contributed by atoms with Gasteiger partial charge in [-0.2, -0.15) is 9.50 Å². The van der Waals surface area contributed by atoms with E-state index in [0.717, 1.165) is 22.2 Å². The van der Waals surface area contributed by atoms with Crippen LogP contribution in [0.3, 0.4) is 0 Å². The van der Waals surface area contributed by atoms with Crippen molar-refractivity contribution in [2.75, 3.05) is 0 Å². The number of hydrogen-bond donors (Lipinski definition) is 1. The van der Waals surface area contributed by atoms with Crippen LogP contribution in [0, 0.1) is 12.3 Å². The number of hydrogen-bond acceptors (Lipinski definition) is 8. The standard InChI is InChI=1S/C32H20N8O2/c1-18-35-37-31-27-28(36-38-40(18)31)26-22(19-10-4-2-5-11-19)17-24(23-16-20-12-8-9-15-25(20)42-29(23)33)39(30(26)34-32(27)41)21-13-6-3-7-14-21/h2-17,33H,1H3.